The first-order valence-corrected chi connectivity index (χ1v) is 7.01. The molecule has 0 aliphatic carbocycles. The minimum atomic E-state index is -1.09. The summed E-state index contributed by atoms with van der Waals surface area (Å²) in [5, 5.41) is 29.4. The monoisotopic (exact) mass is 282 g/mol. The molecule has 1 aliphatic heterocycles. The summed E-state index contributed by atoms with van der Waals surface area (Å²) in [4.78, 5) is 0. The zero-order valence-corrected chi connectivity index (χ0v) is 11.6. The number of aliphatic hydroxyl groups is 3. The Labute approximate surface area is 118 Å². The molecule has 0 amide bonds. The van der Waals surface area contributed by atoms with Crippen molar-refractivity contribution in [2.45, 2.75) is 44.4 Å². The van der Waals surface area contributed by atoms with E-state index in [1.54, 1.807) is 12.1 Å². The van der Waals surface area contributed by atoms with E-state index in [2.05, 4.69) is 0 Å². The Kier molecular flexibility index (Phi) is 5.37. The third-order valence-electron chi connectivity index (χ3n) is 3.63. The number of rotatable bonds is 5. The molecule has 3 N–H and O–H groups in total. The fraction of sp³-hybridized carbons (Fsp3) is 0.600. The molecule has 0 saturated carbocycles. The molecule has 2 rings (SSSR count). The zero-order valence-electron chi connectivity index (χ0n) is 11.6. The predicted molar refractivity (Wildman–Crippen MR) is 73.2 cm³/mol. The molecule has 1 unspecified atom stereocenters. The molecular formula is C15H22O5. The summed E-state index contributed by atoms with van der Waals surface area (Å²) in [6, 6.07) is 9.19. The Balaban J connectivity index is 2.13. The highest BCUT2D eigenvalue weighted by Gasteiger charge is 2.44. The van der Waals surface area contributed by atoms with Crippen LogP contribution in [-0.4, -0.2) is 46.5 Å². The minimum Gasteiger partial charge on any atom is -0.465 e. The summed E-state index contributed by atoms with van der Waals surface area (Å²) < 4.78 is 11.4. The van der Waals surface area contributed by atoms with Crippen LogP contribution in [0.25, 0.3) is 0 Å². The Bertz CT molecular complexity index is 397. The van der Waals surface area contributed by atoms with Gasteiger partial charge in [-0.3, -0.25) is 0 Å². The van der Waals surface area contributed by atoms with Crippen LogP contribution in [0.5, 0.6) is 5.75 Å². The molecule has 1 saturated heterocycles. The Morgan fingerprint density at radius 3 is 2.45 bits per heavy atom. The molecule has 5 heteroatoms. The van der Waals surface area contributed by atoms with Crippen LogP contribution in [-0.2, 0) is 4.74 Å². The standard InChI is InChI=1S/C15H22O5/c1-2-6-11-13(17)14(18)12(9-16)20-15(11)19-10-7-4-3-5-8-10/h3-5,7-8,11-18H,2,6,9H2,1H3/t11-,12-,13-,14+,15?/m1/s1. The van der Waals surface area contributed by atoms with Crippen molar-refractivity contribution < 1.29 is 24.8 Å². The maximum atomic E-state index is 10.2. The predicted octanol–water partition coefficient (Wildman–Crippen LogP) is 0.921. The van der Waals surface area contributed by atoms with E-state index in [1.165, 1.54) is 0 Å². The van der Waals surface area contributed by atoms with Gasteiger partial charge in [0.1, 0.15) is 18.0 Å². The average Bonchev–Trinajstić information content (AvgIpc) is 2.47. The summed E-state index contributed by atoms with van der Waals surface area (Å²) in [6.45, 7) is 1.64. The van der Waals surface area contributed by atoms with Gasteiger partial charge in [0.2, 0.25) is 6.29 Å². The SMILES string of the molecule is CCC[C@H]1C(Oc2ccccc2)O[C@H](CO)[C@H](O)[C@@H]1O. The highest BCUT2D eigenvalue weighted by molar-refractivity contribution is 5.21. The molecule has 1 fully saturated rings. The van der Waals surface area contributed by atoms with Gasteiger partial charge in [-0.15, -0.1) is 0 Å². The third-order valence-corrected chi connectivity index (χ3v) is 3.63. The van der Waals surface area contributed by atoms with Gasteiger partial charge < -0.3 is 24.8 Å². The van der Waals surface area contributed by atoms with Crippen molar-refractivity contribution in [2.75, 3.05) is 6.61 Å². The second kappa shape index (κ2) is 7.04. The van der Waals surface area contributed by atoms with E-state index in [4.69, 9.17) is 9.47 Å². The van der Waals surface area contributed by atoms with Crippen LogP contribution in [0.15, 0.2) is 30.3 Å². The lowest BCUT2D eigenvalue weighted by Crippen LogP contribution is -2.57. The normalized spacial score (nSPS) is 33.9. The molecule has 0 spiro atoms. The largest absolute Gasteiger partial charge is 0.465 e. The van der Waals surface area contributed by atoms with Gasteiger partial charge in [0.15, 0.2) is 0 Å². The van der Waals surface area contributed by atoms with E-state index in [1.807, 2.05) is 25.1 Å². The number of para-hydroxylation sites is 1. The summed E-state index contributed by atoms with van der Waals surface area (Å²) >= 11 is 0. The fourth-order valence-electron chi connectivity index (χ4n) is 2.53. The van der Waals surface area contributed by atoms with Crippen molar-refractivity contribution >= 4 is 0 Å². The first-order chi connectivity index (χ1) is 9.67. The van der Waals surface area contributed by atoms with Crippen LogP contribution in [0, 0.1) is 5.92 Å². The summed E-state index contributed by atoms with van der Waals surface area (Å²) in [7, 11) is 0. The lowest BCUT2D eigenvalue weighted by Gasteiger charge is -2.42. The fourth-order valence-corrected chi connectivity index (χ4v) is 2.53. The van der Waals surface area contributed by atoms with Crippen molar-refractivity contribution in [3.63, 3.8) is 0 Å². The van der Waals surface area contributed by atoms with Gasteiger partial charge in [0.05, 0.1) is 18.6 Å². The van der Waals surface area contributed by atoms with E-state index in [9.17, 15) is 15.3 Å². The quantitative estimate of drug-likeness (QED) is 0.748. The van der Waals surface area contributed by atoms with Crippen LogP contribution in [0.4, 0.5) is 0 Å². The second-order valence-corrected chi connectivity index (χ2v) is 5.09. The summed E-state index contributed by atoms with van der Waals surface area (Å²) in [5.41, 5.74) is 0. The first-order valence-electron chi connectivity index (χ1n) is 7.01. The zero-order chi connectivity index (χ0) is 14.5. The second-order valence-electron chi connectivity index (χ2n) is 5.09. The van der Waals surface area contributed by atoms with Gasteiger partial charge in [-0.2, -0.15) is 0 Å². The maximum Gasteiger partial charge on any atom is 0.205 e. The lowest BCUT2D eigenvalue weighted by molar-refractivity contribution is -0.261. The van der Waals surface area contributed by atoms with Gasteiger partial charge in [0, 0.05) is 0 Å². The molecule has 0 radical (unpaired) electrons. The molecule has 1 heterocycles. The highest BCUT2D eigenvalue weighted by atomic mass is 16.7. The number of ether oxygens (including phenoxy) is 2. The third kappa shape index (κ3) is 3.30. The van der Waals surface area contributed by atoms with Gasteiger partial charge in [0.25, 0.3) is 0 Å². The highest BCUT2D eigenvalue weighted by Crippen LogP contribution is 2.31. The summed E-state index contributed by atoms with van der Waals surface area (Å²) in [6.07, 6.45) is -2.04. The lowest BCUT2D eigenvalue weighted by atomic mass is 9.87. The topological polar surface area (TPSA) is 79.2 Å². The van der Waals surface area contributed by atoms with E-state index < -0.39 is 24.6 Å². The molecule has 1 aliphatic rings. The molecular weight excluding hydrogens is 260 g/mol. The van der Waals surface area contributed by atoms with Crippen LogP contribution < -0.4 is 4.74 Å². The van der Waals surface area contributed by atoms with Crippen LogP contribution >= 0.6 is 0 Å². The number of hydrogen-bond donors (Lipinski definition) is 3. The Hall–Kier alpha value is -1.14. The van der Waals surface area contributed by atoms with E-state index in [0.29, 0.717) is 12.2 Å². The van der Waals surface area contributed by atoms with Crippen molar-refractivity contribution in [1.82, 2.24) is 0 Å². The molecule has 5 nitrogen and oxygen atoms in total. The van der Waals surface area contributed by atoms with E-state index in [-0.39, 0.29) is 12.5 Å². The number of benzene rings is 1. The van der Waals surface area contributed by atoms with Crippen LogP contribution in [0.1, 0.15) is 19.8 Å². The van der Waals surface area contributed by atoms with Gasteiger partial charge in [-0.25, -0.2) is 0 Å². The van der Waals surface area contributed by atoms with E-state index >= 15 is 0 Å². The molecule has 112 valence electrons. The minimum absolute atomic E-state index is 0.321. The average molecular weight is 282 g/mol. The van der Waals surface area contributed by atoms with E-state index in [0.717, 1.165) is 6.42 Å². The Morgan fingerprint density at radius 2 is 1.85 bits per heavy atom. The first kappa shape index (κ1) is 15.3. The van der Waals surface area contributed by atoms with Crippen molar-refractivity contribution in [1.29, 1.82) is 0 Å². The molecule has 0 aromatic heterocycles. The number of aliphatic hydroxyl groups excluding tert-OH is 3. The Morgan fingerprint density at radius 1 is 1.15 bits per heavy atom. The van der Waals surface area contributed by atoms with Crippen LogP contribution in [0.3, 0.4) is 0 Å². The summed E-state index contributed by atoms with van der Waals surface area (Å²) in [5.74, 6) is 0.317. The molecule has 5 atom stereocenters. The number of hydrogen-bond acceptors (Lipinski definition) is 5. The van der Waals surface area contributed by atoms with Gasteiger partial charge in [-0.1, -0.05) is 31.5 Å². The van der Waals surface area contributed by atoms with Crippen molar-refractivity contribution in [3.8, 4) is 5.75 Å². The molecule has 20 heavy (non-hydrogen) atoms. The smallest absolute Gasteiger partial charge is 0.205 e. The molecule has 0 bridgehead atoms. The van der Waals surface area contributed by atoms with Gasteiger partial charge in [-0.05, 0) is 18.6 Å². The maximum absolute atomic E-state index is 10.2. The molecule has 1 aromatic carbocycles. The van der Waals surface area contributed by atoms with Crippen LogP contribution in [0.2, 0.25) is 0 Å². The van der Waals surface area contributed by atoms with Crippen molar-refractivity contribution in [2.24, 2.45) is 5.92 Å². The molecule has 1 aromatic rings. The van der Waals surface area contributed by atoms with Gasteiger partial charge >= 0.3 is 0 Å². The van der Waals surface area contributed by atoms with Crippen molar-refractivity contribution in [3.05, 3.63) is 30.3 Å².